The van der Waals surface area contributed by atoms with Gasteiger partial charge in [-0.3, -0.25) is 4.98 Å². The highest BCUT2D eigenvalue weighted by atomic mass is 127. The van der Waals surface area contributed by atoms with Crippen molar-refractivity contribution in [2.24, 2.45) is 10.9 Å². The molecular formula is C25H37IN4O2. The van der Waals surface area contributed by atoms with Crippen LogP contribution < -0.4 is 15.4 Å². The van der Waals surface area contributed by atoms with E-state index in [9.17, 15) is 0 Å². The Labute approximate surface area is 209 Å². The summed E-state index contributed by atoms with van der Waals surface area (Å²) in [6.45, 7) is 11.2. The molecule has 6 nitrogen and oxygen atoms in total. The zero-order valence-electron chi connectivity index (χ0n) is 19.9. The van der Waals surface area contributed by atoms with Gasteiger partial charge < -0.3 is 20.1 Å². The number of rotatable bonds is 7. The number of ether oxygens (including phenoxy) is 2. The third-order valence-electron chi connectivity index (χ3n) is 5.86. The molecule has 2 aromatic rings. The van der Waals surface area contributed by atoms with Gasteiger partial charge in [-0.25, -0.2) is 4.99 Å². The number of aryl methyl sites for hydroxylation is 2. The van der Waals surface area contributed by atoms with E-state index in [1.165, 1.54) is 11.1 Å². The van der Waals surface area contributed by atoms with E-state index in [-0.39, 0.29) is 30.1 Å². The van der Waals surface area contributed by atoms with Gasteiger partial charge in [-0.1, -0.05) is 29.8 Å². The molecule has 0 bridgehead atoms. The molecular weight excluding hydrogens is 515 g/mol. The number of pyridine rings is 1. The van der Waals surface area contributed by atoms with E-state index in [0.717, 1.165) is 61.1 Å². The summed E-state index contributed by atoms with van der Waals surface area (Å²) < 4.78 is 11.7. The molecule has 3 rings (SSSR count). The Bertz CT molecular complexity index is 886. The van der Waals surface area contributed by atoms with Crippen molar-refractivity contribution in [1.82, 2.24) is 15.6 Å². The van der Waals surface area contributed by atoms with Crippen LogP contribution in [-0.2, 0) is 11.3 Å². The molecule has 1 aromatic heterocycles. The molecule has 2 N–H and O–H groups in total. The highest BCUT2D eigenvalue weighted by molar-refractivity contribution is 14.0. The summed E-state index contributed by atoms with van der Waals surface area (Å²) in [4.78, 5) is 9.34. The predicted octanol–water partition coefficient (Wildman–Crippen LogP) is 4.86. The second-order valence-corrected chi connectivity index (χ2v) is 8.23. The van der Waals surface area contributed by atoms with Crippen LogP contribution in [-0.4, -0.2) is 37.7 Å². The van der Waals surface area contributed by atoms with Crippen LogP contribution in [0.3, 0.4) is 0 Å². The Morgan fingerprint density at radius 1 is 1.19 bits per heavy atom. The average molecular weight is 553 g/mol. The SMILES string of the molecule is CCNC(=NCc1ncc(C)c(OC)c1C)NCC1CCCOC1c1ccc(C)cc1.I. The quantitative estimate of drug-likeness (QED) is 0.292. The third kappa shape index (κ3) is 6.81. The molecule has 1 aliphatic heterocycles. The smallest absolute Gasteiger partial charge is 0.191 e. The number of guanidine groups is 1. The first-order chi connectivity index (χ1) is 15.0. The predicted molar refractivity (Wildman–Crippen MR) is 141 cm³/mol. The molecule has 0 aliphatic carbocycles. The van der Waals surface area contributed by atoms with Gasteiger partial charge in [0.25, 0.3) is 0 Å². The van der Waals surface area contributed by atoms with Crippen LogP contribution in [0.5, 0.6) is 5.75 Å². The number of aromatic nitrogens is 1. The second kappa shape index (κ2) is 13.0. The molecule has 7 heteroatoms. The van der Waals surface area contributed by atoms with Gasteiger partial charge in [0, 0.05) is 42.9 Å². The molecule has 1 aromatic carbocycles. The van der Waals surface area contributed by atoms with Gasteiger partial charge in [-0.15, -0.1) is 24.0 Å². The summed E-state index contributed by atoms with van der Waals surface area (Å²) in [5.41, 5.74) is 5.54. The fourth-order valence-electron chi connectivity index (χ4n) is 4.13. The molecule has 0 saturated carbocycles. The zero-order chi connectivity index (χ0) is 22.2. The van der Waals surface area contributed by atoms with E-state index >= 15 is 0 Å². The Kier molecular flexibility index (Phi) is 10.7. The van der Waals surface area contributed by atoms with Crippen LogP contribution in [0.15, 0.2) is 35.5 Å². The molecule has 0 radical (unpaired) electrons. The van der Waals surface area contributed by atoms with Crippen molar-refractivity contribution in [2.45, 2.75) is 53.2 Å². The van der Waals surface area contributed by atoms with Crippen LogP contribution in [0, 0.1) is 26.7 Å². The average Bonchev–Trinajstić information content (AvgIpc) is 2.78. The highest BCUT2D eigenvalue weighted by Gasteiger charge is 2.27. The van der Waals surface area contributed by atoms with Crippen molar-refractivity contribution in [1.29, 1.82) is 0 Å². The summed E-state index contributed by atoms with van der Waals surface area (Å²) in [5, 5.41) is 6.88. The Hall–Kier alpha value is -1.87. The summed E-state index contributed by atoms with van der Waals surface area (Å²) in [6, 6.07) is 8.71. The molecule has 2 atom stereocenters. The van der Waals surface area contributed by atoms with Gasteiger partial charge in [0.1, 0.15) is 5.75 Å². The summed E-state index contributed by atoms with van der Waals surface area (Å²) in [6.07, 6.45) is 4.20. The molecule has 1 fully saturated rings. The minimum Gasteiger partial charge on any atom is -0.496 e. The first-order valence-electron chi connectivity index (χ1n) is 11.2. The summed E-state index contributed by atoms with van der Waals surface area (Å²) in [7, 11) is 1.70. The zero-order valence-corrected chi connectivity index (χ0v) is 22.2. The van der Waals surface area contributed by atoms with Gasteiger partial charge >= 0.3 is 0 Å². The molecule has 2 heterocycles. The second-order valence-electron chi connectivity index (χ2n) is 8.23. The maximum absolute atomic E-state index is 6.17. The van der Waals surface area contributed by atoms with E-state index in [1.807, 2.05) is 20.0 Å². The maximum Gasteiger partial charge on any atom is 0.191 e. The lowest BCUT2D eigenvalue weighted by atomic mass is 9.89. The number of aliphatic imine (C=N–C) groups is 1. The number of hydrogen-bond acceptors (Lipinski definition) is 4. The van der Waals surface area contributed by atoms with Gasteiger partial charge in [0.15, 0.2) is 5.96 Å². The number of halogens is 1. The van der Waals surface area contributed by atoms with E-state index in [1.54, 1.807) is 7.11 Å². The first-order valence-corrected chi connectivity index (χ1v) is 11.2. The minimum atomic E-state index is 0. The van der Waals surface area contributed by atoms with Crippen molar-refractivity contribution in [2.75, 3.05) is 26.8 Å². The van der Waals surface area contributed by atoms with E-state index in [2.05, 4.69) is 53.7 Å². The lowest BCUT2D eigenvalue weighted by molar-refractivity contribution is -0.0265. The van der Waals surface area contributed by atoms with Crippen LogP contribution in [0.2, 0.25) is 0 Å². The molecule has 1 aliphatic rings. The lowest BCUT2D eigenvalue weighted by Crippen LogP contribution is -2.42. The minimum absolute atomic E-state index is 0. The number of nitrogens with zero attached hydrogens (tertiary/aromatic N) is 2. The van der Waals surface area contributed by atoms with Crippen molar-refractivity contribution >= 4 is 29.9 Å². The third-order valence-corrected chi connectivity index (χ3v) is 5.86. The van der Waals surface area contributed by atoms with Gasteiger partial charge in [0.2, 0.25) is 0 Å². The topological polar surface area (TPSA) is 67.8 Å². The van der Waals surface area contributed by atoms with E-state index < -0.39 is 0 Å². The Morgan fingerprint density at radius 3 is 2.62 bits per heavy atom. The fraction of sp³-hybridized carbons (Fsp3) is 0.520. The largest absolute Gasteiger partial charge is 0.496 e. The van der Waals surface area contributed by atoms with E-state index in [4.69, 9.17) is 14.5 Å². The van der Waals surface area contributed by atoms with Crippen molar-refractivity contribution in [3.05, 3.63) is 58.4 Å². The summed E-state index contributed by atoms with van der Waals surface area (Å²) >= 11 is 0. The van der Waals surface area contributed by atoms with Crippen molar-refractivity contribution in [3.63, 3.8) is 0 Å². The molecule has 2 unspecified atom stereocenters. The van der Waals surface area contributed by atoms with Crippen LogP contribution >= 0.6 is 24.0 Å². The monoisotopic (exact) mass is 552 g/mol. The first kappa shape index (κ1) is 26.4. The van der Waals surface area contributed by atoms with Crippen molar-refractivity contribution in [3.8, 4) is 5.75 Å². The normalized spacial score (nSPS) is 18.6. The number of benzene rings is 1. The summed E-state index contributed by atoms with van der Waals surface area (Å²) in [5.74, 6) is 2.09. The molecule has 1 saturated heterocycles. The van der Waals surface area contributed by atoms with Crippen molar-refractivity contribution < 1.29 is 9.47 Å². The maximum atomic E-state index is 6.17. The van der Waals surface area contributed by atoms with Crippen LogP contribution in [0.25, 0.3) is 0 Å². The molecule has 32 heavy (non-hydrogen) atoms. The Morgan fingerprint density at radius 2 is 1.94 bits per heavy atom. The molecule has 0 spiro atoms. The fourth-order valence-corrected chi connectivity index (χ4v) is 4.13. The van der Waals surface area contributed by atoms with Crippen LogP contribution in [0.1, 0.15) is 53.8 Å². The van der Waals surface area contributed by atoms with E-state index in [0.29, 0.717) is 12.5 Å². The highest BCUT2D eigenvalue weighted by Crippen LogP contribution is 2.33. The molecule has 0 amide bonds. The van der Waals surface area contributed by atoms with Gasteiger partial charge in [-0.2, -0.15) is 0 Å². The number of hydrogen-bond donors (Lipinski definition) is 2. The standard InChI is InChI=1S/C25H36N4O2.HI/c1-6-26-25(29-16-22-19(4)23(30-5)18(3)14-27-22)28-15-21-8-7-13-31-24(21)20-11-9-17(2)10-12-20;/h9-12,14,21,24H,6-8,13,15-16H2,1-5H3,(H2,26,28,29);1H. The van der Waals surface area contributed by atoms with Gasteiger partial charge in [-0.05, 0) is 46.1 Å². The lowest BCUT2D eigenvalue weighted by Gasteiger charge is -2.32. The number of nitrogens with one attached hydrogen (secondary N) is 2. The molecule has 176 valence electrons. The van der Waals surface area contributed by atoms with Gasteiger partial charge in [0.05, 0.1) is 25.5 Å². The van der Waals surface area contributed by atoms with Crippen LogP contribution in [0.4, 0.5) is 0 Å². The Balaban J connectivity index is 0.00000363. The number of methoxy groups -OCH3 is 1.